The maximum absolute atomic E-state index is 11.1. The number of aliphatic hydroxyl groups excluding tert-OH is 3. The number of ether oxygens (including phenoxy) is 2. The van der Waals surface area contributed by atoms with Gasteiger partial charge in [0.15, 0.2) is 12.2 Å². The summed E-state index contributed by atoms with van der Waals surface area (Å²) in [5.74, 6) is 0. The van der Waals surface area contributed by atoms with Crippen LogP contribution < -0.4 is 0 Å². The van der Waals surface area contributed by atoms with Crippen molar-refractivity contribution in [1.29, 1.82) is 0 Å². The predicted molar refractivity (Wildman–Crippen MR) is 56.1 cm³/mol. The normalized spacial score (nSPS) is 37.1. The van der Waals surface area contributed by atoms with E-state index in [0.717, 1.165) is 0 Å². The molecule has 6 heteroatoms. The number of carbonyl (C=O) groups excluding carboxylic acids is 1. The molecule has 1 fully saturated rings. The molecule has 1 saturated heterocycles. The predicted octanol–water partition coefficient (Wildman–Crippen LogP) is -0.509. The van der Waals surface area contributed by atoms with Crippen LogP contribution >= 0.6 is 0 Å². The van der Waals surface area contributed by atoms with Crippen molar-refractivity contribution >= 4 is 6.16 Å². The molecular formula is C11H14O6. The van der Waals surface area contributed by atoms with Crippen molar-refractivity contribution in [1.82, 2.24) is 0 Å². The quantitative estimate of drug-likeness (QED) is 0.564. The Morgan fingerprint density at radius 3 is 2.65 bits per heavy atom. The number of fused-ring (bicyclic) bond motifs is 1. The van der Waals surface area contributed by atoms with Gasteiger partial charge < -0.3 is 24.8 Å². The third-order valence-electron chi connectivity index (χ3n) is 2.96. The highest BCUT2D eigenvalue weighted by molar-refractivity contribution is 5.64. The van der Waals surface area contributed by atoms with E-state index in [1.165, 1.54) is 0 Å². The van der Waals surface area contributed by atoms with E-state index >= 15 is 0 Å². The second-order valence-corrected chi connectivity index (χ2v) is 3.95. The van der Waals surface area contributed by atoms with Crippen LogP contribution in [0.5, 0.6) is 0 Å². The molecule has 0 saturated carbocycles. The SMILES string of the molecule is CC=CC1=C(CO)C(O)C(O)C2OC(=O)OC12. The molecule has 2 aliphatic rings. The maximum Gasteiger partial charge on any atom is 0.509 e. The van der Waals surface area contributed by atoms with Gasteiger partial charge in [0.2, 0.25) is 0 Å². The van der Waals surface area contributed by atoms with Crippen LogP contribution in [-0.4, -0.2) is 52.5 Å². The zero-order valence-electron chi connectivity index (χ0n) is 9.24. The minimum absolute atomic E-state index is 0.246. The van der Waals surface area contributed by atoms with Gasteiger partial charge in [-0.2, -0.15) is 0 Å². The second-order valence-electron chi connectivity index (χ2n) is 3.95. The Kier molecular flexibility index (Phi) is 3.19. The summed E-state index contributed by atoms with van der Waals surface area (Å²) in [5.41, 5.74) is 0.721. The monoisotopic (exact) mass is 242 g/mol. The lowest BCUT2D eigenvalue weighted by Gasteiger charge is -2.33. The molecular weight excluding hydrogens is 228 g/mol. The first-order chi connectivity index (χ1) is 8.10. The van der Waals surface area contributed by atoms with Crippen molar-refractivity contribution in [2.75, 3.05) is 6.61 Å². The molecule has 17 heavy (non-hydrogen) atoms. The number of allylic oxidation sites excluding steroid dienone is 1. The number of hydrogen-bond donors (Lipinski definition) is 3. The molecule has 6 nitrogen and oxygen atoms in total. The molecule has 1 aliphatic carbocycles. The van der Waals surface area contributed by atoms with Gasteiger partial charge in [-0.1, -0.05) is 12.2 Å². The summed E-state index contributed by atoms with van der Waals surface area (Å²) >= 11 is 0. The molecule has 94 valence electrons. The van der Waals surface area contributed by atoms with Crippen LogP contribution in [0.25, 0.3) is 0 Å². The van der Waals surface area contributed by atoms with Crippen LogP contribution in [-0.2, 0) is 9.47 Å². The van der Waals surface area contributed by atoms with E-state index in [2.05, 4.69) is 0 Å². The van der Waals surface area contributed by atoms with Crippen LogP contribution in [0.2, 0.25) is 0 Å². The van der Waals surface area contributed by atoms with Gasteiger partial charge in [0.05, 0.1) is 6.61 Å². The largest absolute Gasteiger partial charge is 0.509 e. The Hall–Kier alpha value is -1.37. The lowest BCUT2D eigenvalue weighted by atomic mass is 9.83. The topological polar surface area (TPSA) is 96.2 Å². The molecule has 0 aromatic carbocycles. The average Bonchev–Trinajstić information content (AvgIpc) is 2.68. The van der Waals surface area contributed by atoms with Crippen LogP contribution in [0, 0.1) is 0 Å². The standard InChI is InChI=1S/C11H14O6/c1-2-3-5-6(4-12)7(13)8(14)10-9(5)16-11(15)17-10/h2-3,7-10,12-14H,4H2,1H3. The Bertz CT molecular complexity index is 385. The Morgan fingerprint density at radius 2 is 2.06 bits per heavy atom. The van der Waals surface area contributed by atoms with E-state index in [9.17, 15) is 20.1 Å². The molecule has 1 heterocycles. The first-order valence-corrected chi connectivity index (χ1v) is 5.30. The highest BCUT2D eigenvalue weighted by Gasteiger charge is 2.50. The Balaban J connectivity index is 2.46. The van der Waals surface area contributed by atoms with E-state index in [-0.39, 0.29) is 5.57 Å². The van der Waals surface area contributed by atoms with Gasteiger partial charge in [0, 0.05) is 5.57 Å². The van der Waals surface area contributed by atoms with Crippen molar-refractivity contribution < 1.29 is 29.6 Å². The number of aliphatic hydroxyl groups is 3. The molecule has 2 rings (SSSR count). The van der Waals surface area contributed by atoms with E-state index < -0.39 is 37.2 Å². The molecule has 0 spiro atoms. The minimum Gasteiger partial charge on any atom is -0.424 e. The van der Waals surface area contributed by atoms with Crippen LogP contribution in [0.3, 0.4) is 0 Å². The van der Waals surface area contributed by atoms with Gasteiger partial charge in [-0.25, -0.2) is 4.79 Å². The highest BCUT2D eigenvalue weighted by atomic mass is 16.8. The fraction of sp³-hybridized carbons (Fsp3) is 0.545. The van der Waals surface area contributed by atoms with Gasteiger partial charge in [0.25, 0.3) is 0 Å². The molecule has 4 atom stereocenters. The fourth-order valence-corrected chi connectivity index (χ4v) is 2.17. The van der Waals surface area contributed by atoms with Crippen molar-refractivity contribution in [3.05, 3.63) is 23.3 Å². The van der Waals surface area contributed by atoms with E-state index in [1.807, 2.05) is 0 Å². The van der Waals surface area contributed by atoms with Gasteiger partial charge >= 0.3 is 6.16 Å². The number of carbonyl (C=O) groups is 1. The van der Waals surface area contributed by atoms with E-state index in [0.29, 0.717) is 5.57 Å². The molecule has 0 aromatic rings. The molecule has 0 aromatic heterocycles. The zero-order valence-corrected chi connectivity index (χ0v) is 9.24. The molecule has 4 unspecified atom stereocenters. The third kappa shape index (κ3) is 1.84. The molecule has 0 amide bonds. The zero-order chi connectivity index (χ0) is 12.6. The lowest BCUT2D eigenvalue weighted by molar-refractivity contribution is -0.0546. The smallest absolute Gasteiger partial charge is 0.424 e. The van der Waals surface area contributed by atoms with E-state index in [4.69, 9.17) is 9.47 Å². The van der Waals surface area contributed by atoms with Crippen LogP contribution in [0.4, 0.5) is 4.79 Å². The Labute approximate surface area is 97.8 Å². The van der Waals surface area contributed by atoms with Crippen molar-refractivity contribution in [3.63, 3.8) is 0 Å². The first kappa shape index (κ1) is 12.1. The summed E-state index contributed by atoms with van der Waals surface area (Å²) in [5, 5.41) is 28.8. The van der Waals surface area contributed by atoms with Gasteiger partial charge in [-0.15, -0.1) is 0 Å². The summed E-state index contributed by atoms with van der Waals surface area (Å²) in [6, 6.07) is 0. The summed E-state index contributed by atoms with van der Waals surface area (Å²) in [6.45, 7) is 1.34. The summed E-state index contributed by atoms with van der Waals surface area (Å²) in [7, 11) is 0. The Morgan fingerprint density at radius 1 is 1.35 bits per heavy atom. The first-order valence-electron chi connectivity index (χ1n) is 5.30. The maximum atomic E-state index is 11.1. The summed E-state index contributed by atoms with van der Waals surface area (Å²) < 4.78 is 9.73. The van der Waals surface area contributed by atoms with Gasteiger partial charge in [-0.3, -0.25) is 0 Å². The number of hydrogen-bond acceptors (Lipinski definition) is 6. The van der Waals surface area contributed by atoms with Crippen molar-refractivity contribution in [2.45, 2.75) is 31.3 Å². The number of rotatable bonds is 2. The van der Waals surface area contributed by atoms with Gasteiger partial charge in [0.1, 0.15) is 12.2 Å². The van der Waals surface area contributed by atoms with Crippen molar-refractivity contribution in [2.24, 2.45) is 0 Å². The fourth-order valence-electron chi connectivity index (χ4n) is 2.17. The summed E-state index contributed by atoms with van der Waals surface area (Å²) in [4.78, 5) is 11.1. The van der Waals surface area contributed by atoms with Crippen LogP contribution in [0.1, 0.15) is 6.92 Å². The second kappa shape index (κ2) is 4.48. The third-order valence-corrected chi connectivity index (χ3v) is 2.96. The molecule has 0 radical (unpaired) electrons. The molecule has 3 N–H and O–H groups in total. The average molecular weight is 242 g/mol. The highest BCUT2D eigenvalue weighted by Crippen LogP contribution is 2.35. The molecule has 0 bridgehead atoms. The van der Waals surface area contributed by atoms with E-state index in [1.54, 1.807) is 19.1 Å². The molecule has 1 aliphatic heterocycles. The summed E-state index contributed by atoms with van der Waals surface area (Å²) in [6.07, 6.45) is -1.82. The van der Waals surface area contributed by atoms with Crippen molar-refractivity contribution in [3.8, 4) is 0 Å². The van der Waals surface area contributed by atoms with Gasteiger partial charge in [-0.05, 0) is 12.5 Å². The minimum atomic E-state index is -1.29. The lowest BCUT2D eigenvalue weighted by Crippen LogP contribution is -2.49. The van der Waals surface area contributed by atoms with Crippen LogP contribution in [0.15, 0.2) is 23.3 Å².